The zero-order valence-electron chi connectivity index (χ0n) is 23.3. The molecule has 0 bridgehead atoms. The molecule has 2 amide bonds. The molecule has 11 heteroatoms. The van der Waals surface area contributed by atoms with Gasteiger partial charge in [-0.15, -0.1) is 0 Å². The van der Waals surface area contributed by atoms with Crippen molar-refractivity contribution in [2.45, 2.75) is 30.8 Å². The molecule has 4 aromatic carbocycles. The summed E-state index contributed by atoms with van der Waals surface area (Å²) in [5.74, 6) is -0.963. The van der Waals surface area contributed by atoms with Gasteiger partial charge in [-0.1, -0.05) is 95.5 Å². The molecule has 0 aliphatic carbocycles. The normalized spacial score (nSPS) is 11.9. The average molecular weight is 659 g/mol. The second-order valence-electron chi connectivity index (χ2n) is 9.70. The number of hydrogen-bond acceptors (Lipinski definition) is 4. The van der Waals surface area contributed by atoms with Crippen LogP contribution in [-0.4, -0.2) is 44.3 Å². The van der Waals surface area contributed by atoms with E-state index < -0.39 is 28.5 Å². The van der Waals surface area contributed by atoms with E-state index in [0.717, 1.165) is 9.87 Å². The Morgan fingerprint density at radius 3 is 1.93 bits per heavy atom. The highest BCUT2D eigenvalue weighted by Crippen LogP contribution is 2.30. The zero-order chi connectivity index (χ0) is 31.0. The first-order chi connectivity index (χ1) is 20.6. The summed E-state index contributed by atoms with van der Waals surface area (Å²) in [5, 5.41) is 3.75. The van der Waals surface area contributed by atoms with Crippen LogP contribution in [0.4, 0.5) is 5.69 Å². The molecule has 224 valence electrons. The molecule has 0 radical (unpaired) electrons. The van der Waals surface area contributed by atoms with Crippen molar-refractivity contribution in [3.8, 4) is 0 Å². The van der Waals surface area contributed by atoms with E-state index in [1.54, 1.807) is 49.4 Å². The maximum Gasteiger partial charge on any atom is 0.264 e. The monoisotopic (exact) mass is 657 g/mol. The summed E-state index contributed by atoms with van der Waals surface area (Å²) in [7, 11) is -4.26. The molecule has 0 heterocycles. The van der Waals surface area contributed by atoms with Crippen LogP contribution in [-0.2, 0) is 32.6 Å². The second kappa shape index (κ2) is 14.8. The van der Waals surface area contributed by atoms with Gasteiger partial charge in [0, 0.05) is 34.6 Å². The third-order valence-corrected chi connectivity index (χ3v) is 9.11. The van der Waals surface area contributed by atoms with Crippen LogP contribution in [0.5, 0.6) is 0 Å². The number of anilines is 1. The lowest BCUT2D eigenvalue weighted by atomic mass is 10.0. The Hall–Kier alpha value is -3.56. The molecule has 4 rings (SSSR count). The second-order valence-corrected chi connectivity index (χ2v) is 12.9. The van der Waals surface area contributed by atoms with Crippen LogP contribution in [0, 0.1) is 0 Å². The van der Waals surface area contributed by atoms with Crippen molar-refractivity contribution in [1.29, 1.82) is 0 Å². The molecule has 0 saturated heterocycles. The number of benzene rings is 4. The number of sulfonamides is 1. The van der Waals surface area contributed by atoms with Crippen LogP contribution in [0.25, 0.3) is 0 Å². The molecule has 0 fully saturated rings. The van der Waals surface area contributed by atoms with Gasteiger partial charge in [-0.2, -0.15) is 0 Å². The fourth-order valence-electron chi connectivity index (χ4n) is 4.56. The fourth-order valence-corrected chi connectivity index (χ4v) is 6.62. The maximum atomic E-state index is 14.3. The highest BCUT2D eigenvalue weighted by molar-refractivity contribution is 7.92. The van der Waals surface area contributed by atoms with Crippen LogP contribution in [0.1, 0.15) is 18.1 Å². The van der Waals surface area contributed by atoms with Gasteiger partial charge in [-0.05, 0) is 60.5 Å². The van der Waals surface area contributed by atoms with Crippen molar-refractivity contribution in [2.75, 3.05) is 17.4 Å². The summed E-state index contributed by atoms with van der Waals surface area (Å²) in [5.41, 5.74) is 1.66. The fraction of sp³-hybridized carbons (Fsp3) is 0.188. The molecule has 7 nitrogen and oxygen atoms in total. The molecule has 0 aliphatic rings. The predicted molar refractivity (Wildman–Crippen MR) is 172 cm³/mol. The van der Waals surface area contributed by atoms with Crippen molar-refractivity contribution in [3.05, 3.63) is 129 Å². The maximum absolute atomic E-state index is 14.3. The summed E-state index contributed by atoms with van der Waals surface area (Å²) in [6.07, 6.45) is 0.209. The first-order valence-electron chi connectivity index (χ1n) is 13.5. The van der Waals surface area contributed by atoms with Gasteiger partial charge in [-0.3, -0.25) is 13.9 Å². The number of likely N-dealkylation sites (N-methyl/N-ethyl adjacent to an activating group) is 1. The van der Waals surface area contributed by atoms with Crippen molar-refractivity contribution in [2.24, 2.45) is 0 Å². The van der Waals surface area contributed by atoms with E-state index in [0.29, 0.717) is 17.1 Å². The molecule has 43 heavy (non-hydrogen) atoms. The van der Waals surface area contributed by atoms with Gasteiger partial charge < -0.3 is 10.2 Å². The molecule has 4 aromatic rings. The molecule has 0 unspecified atom stereocenters. The molecule has 0 spiro atoms. The molecule has 0 saturated carbocycles. The molecular weight excluding hydrogens is 629 g/mol. The highest BCUT2D eigenvalue weighted by atomic mass is 35.5. The third kappa shape index (κ3) is 8.51. The first kappa shape index (κ1) is 32.4. The van der Waals surface area contributed by atoms with Gasteiger partial charge in [-0.25, -0.2) is 8.42 Å². The number of carbonyl (C=O) groups is 2. The summed E-state index contributed by atoms with van der Waals surface area (Å²) >= 11 is 18.6. The quantitative estimate of drug-likeness (QED) is 0.185. The summed E-state index contributed by atoms with van der Waals surface area (Å²) in [4.78, 5) is 29.2. The van der Waals surface area contributed by atoms with Gasteiger partial charge in [0.1, 0.15) is 12.6 Å². The number of carbonyl (C=O) groups excluding carboxylic acids is 2. The smallest absolute Gasteiger partial charge is 0.264 e. The van der Waals surface area contributed by atoms with Crippen LogP contribution < -0.4 is 9.62 Å². The number of nitrogens with one attached hydrogen (secondary N) is 1. The molecular formula is C32H30Cl3N3O4S. The summed E-state index contributed by atoms with van der Waals surface area (Å²) in [6.45, 7) is 1.55. The molecule has 1 N–H and O–H groups in total. The van der Waals surface area contributed by atoms with E-state index in [2.05, 4.69) is 5.32 Å². The van der Waals surface area contributed by atoms with Crippen molar-refractivity contribution < 1.29 is 18.0 Å². The van der Waals surface area contributed by atoms with E-state index >= 15 is 0 Å². The van der Waals surface area contributed by atoms with Crippen LogP contribution in [0.2, 0.25) is 15.1 Å². The summed E-state index contributed by atoms with van der Waals surface area (Å²) in [6, 6.07) is 27.4. The highest BCUT2D eigenvalue weighted by Gasteiger charge is 2.34. The van der Waals surface area contributed by atoms with E-state index in [-0.39, 0.29) is 39.5 Å². The number of rotatable bonds is 12. The largest absolute Gasteiger partial charge is 0.355 e. The average Bonchev–Trinajstić information content (AvgIpc) is 2.99. The lowest BCUT2D eigenvalue weighted by Gasteiger charge is -2.34. The first-order valence-corrected chi connectivity index (χ1v) is 16.1. The number of hydrogen-bond donors (Lipinski definition) is 1. The number of amides is 2. The van der Waals surface area contributed by atoms with Gasteiger partial charge in [0.05, 0.1) is 10.6 Å². The minimum atomic E-state index is -4.26. The topological polar surface area (TPSA) is 86.8 Å². The lowest BCUT2D eigenvalue weighted by Crippen LogP contribution is -2.53. The predicted octanol–water partition coefficient (Wildman–Crippen LogP) is 6.62. The van der Waals surface area contributed by atoms with Crippen molar-refractivity contribution >= 4 is 62.3 Å². The van der Waals surface area contributed by atoms with Crippen molar-refractivity contribution in [1.82, 2.24) is 10.2 Å². The SMILES string of the molecule is CCNC(=O)[C@@H](Cc1ccccc1)N(Cc1ccc(Cl)cc1)C(=O)CN(c1cc(Cl)cc(Cl)c1)S(=O)(=O)c1ccccc1. The van der Waals surface area contributed by atoms with E-state index in [4.69, 9.17) is 34.8 Å². The minimum Gasteiger partial charge on any atom is -0.355 e. The number of halogens is 3. The minimum absolute atomic E-state index is 0.0206. The summed E-state index contributed by atoms with van der Waals surface area (Å²) < 4.78 is 28.9. The molecule has 0 aliphatic heterocycles. The Kier molecular flexibility index (Phi) is 11.1. The van der Waals surface area contributed by atoms with Crippen LogP contribution >= 0.6 is 34.8 Å². The number of nitrogens with zero attached hydrogens (tertiary/aromatic N) is 2. The van der Waals surface area contributed by atoms with Crippen LogP contribution in [0.15, 0.2) is 108 Å². The molecule has 1 atom stereocenters. The standard InChI is InChI=1S/C32H30Cl3N3O4S/c1-2-36-32(40)30(17-23-9-5-3-6-10-23)37(21-24-13-15-25(33)16-14-24)31(39)22-38(28-19-26(34)18-27(35)20-28)43(41,42)29-11-7-4-8-12-29/h3-16,18-20,30H,2,17,21-22H2,1H3,(H,36,40)/t30-/m1/s1. The Balaban J connectivity index is 1.81. The Morgan fingerprint density at radius 1 is 0.767 bits per heavy atom. The Bertz CT molecular complexity index is 1630. The van der Waals surface area contributed by atoms with Gasteiger partial charge >= 0.3 is 0 Å². The van der Waals surface area contributed by atoms with E-state index in [1.807, 2.05) is 30.3 Å². The van der Waals surface area contributed by atoms with E-state index in [9.17, 15) is 18.0 Å². The molecule has 0 aromatic heterocycles. The van der Waals surface area contributed by atoms with Crippen molar-refractivity contribution in [3.63, 3.8) is 0 Å². The van der Waals surface area contributed by atoms with E-state index in [1.165, 1.54) is 35.2 Å². The van der Waals surface area contributed by atoms with Gasteiger partial charge in [0.25, 0.3) is 10.0 Å². The Morgan fingerprint density at radius 2 is 1.35 bits per heavy atom. The van der Waals surface area contributed by atoms with Gasteiger partial charge in [0.15, 0.2) is 0 Å². The Labute approximate surface area is 267 Å². The van der Waals surface area contributed by atoms with Crippen LogP contribution in [0.3, 0.4) is 0 Å². The zero-order valence-corrected chi connectivity index (χ0v) is 26.4. The van der Waals surface area contributed by atoms with Gasteiger partial charge in [0.2, 0.25) is 11.8 Å². The lowest BCUT2D eigenvalue weighted by molar-refractivity contribution is -0.140. The third-order valence-electron chi connectivity index (χ3n) is 6.63.